The molecule has 3 rings (SSSR count). The van der Waals surface area contributed by atoms with Crippen LogP contribution in [0.3, 0.4) is 0 Å². The first-order chi connectivity index (χ1) is 18.7. The molecule has 2 atom stereocenters. The van der Waals surface area contributed by atoms with Crippen LogP contribution >= 0.6 is 11.8 Å². The number of unbranched alkanes of at least 4 members (excludes halogenated alkanes) is 2. The van der Waals surface area contributed by atoms with E-state index in [-0.39, 0.29) is 23.4 Å². The molecule has 3 aliphatic rings. The number of amides is 4. The highest BCUT2D eigenvalue weighted by Crippen LogP contribution is 2.20. The normalized spacial score (nSPS) is 20.0. The van der Waals surface area contributed by atoms with Gasteiger partial charge >= 0.3 is 6.03 Å². The smallest absolute Gasteiger partial charge is 0.315 e. The van der Waals surface area contributed by atoms with Gasteiger partial charge < -0.3 is 35.6 Å². The van der Waals surface area contributed by atoms with Crippen LogP contribution in [0.4, 0.5) is 4.79 Å². The lowest BCUT2D eigenvalue weighted by atomic mass is 10.1. The summed E-state index contributed by atoms with van der Waals surface area (Å²) in [7, 11) is 0. The van der Waals surface area contributed by atoms with Gasteiger partial charge in [0, 0.05) is 63.9 Å². The van der Waals surface area contributed by atoms with Crippen molar-refractivity contribution in [1.29, 1.82) is 0 Å². The predicted octanol–water partition coefficient (Wildman–Crippen LogP) is 2.91. The van der Waals surface area contributed by atoms with Gasteiger partial charge in [0.2, 0.25) is 11.8 Å². The summed E-state index contributed by atoms with van der Waals surface area (Å²) >= 11 is 1.89. The van der Waals surface area contributed by atoms with Crippen LogP contribution in [0.1, 0.15) is 79.6 Å². The summed E-state index contributed by atoms with van der Waals surface area (Å²) in [5.74, 6) is 2.55. The number of ether oxygens (including phenoxy) is 2. The van der Waals surface area contributed by atoms with E-state index >= 15 is 0 Å². The molecule has 0 radical (unpaired) electrons. The van der Waals surface area contributed by atoms with Crippen molar-refractivity contribution in [1.82, 2.24) is 26.2 Å². The summed E-state index contributed by atoms with van der Waals surface area (Å²) < 4.78 is 11.1. The molecule has 3 aliphatic heterocycles. The van der Waals surface area contributed by atoms with Crippen molar-refractivity contribution in [2.24, 2.45) is 0 Å². The Hall–Kier alpha value is -1.56. The summed E-state index contributed by atoms with van der Waals surface area (Å²) in [4.78, 5) is 35.4. The molecule has 4 amide bonds. The van der Waals surface area contributed by atoms with Crippen LogP contribution in [-0.4, -0.2) is 104 Å². The van der Waals surface area contributed by atoms with Gasteiger partial charge in [0.1, 0.15) is 0 Å². The van der Waals surface area contributed by atoms with E-state index in [0.29, 0.717) is 38.1 Å². The fraction of sp³-hybridized carbons (Fsp3) is 0.893. The van der Waals surface area contributed by atoms with Crippen molar-refractivity contribution < 1.29 is 23.9 Å². The van der Waals surface area contributed by atoms with Gasteiger partial charge in [0.05, 0.1) is 30.7 Å². The lowest BCUT2D eigenvalue weighted by Crippen LogP contribution is -2.46. The third-order valence-electron chi connectivity index (χ3n) is 6.65. The van der Waals surface area contributed by atoms with E-state index in [4.69, 9.17) is 9.47 Å². The van der Waals surface area contributed by atoms with E-state index in [1.165, 1.54) is 0 Å². The highest BCUT2D eigenvalue weighted by molar-refractivity contribution is 7.99. The lowest BCUT2D eigenvalue weighted by molar-refractivity contribution is -0.134. The quantitative estimate of drug-likeness (QED) is 0.186. The Kier molecular flexibility index (Phi) is 19.3. The van der Waals surface area contributed by atoms with E-state index in [9.17, 15) is 14.4 Å². The van der Waals surface area contributed by atoms with Crippen molar-refractivity contribution in [2.45, 2.75) is 97.2 Å². The number of fused-ring (bicyclic) bond motifs is 1. The topological polar surface area (TPSA) is 121 Å². The van der Waals surface area contributed by atoms with Crippen LogP contribution in [0.5, 0.6) is 0 Å². The van der Waals surface area contributed by atoms with Gasteiger partial charge in [-0.3, -0.25) is 9.59 Å². The SMILES string of the molecule is CCCCNC(=O)CCCC.CCOCCC(C)(C)OCCC(=O)N1CCNCC1.O=C1NC2CSCC2N1. The van der Waals surface area contributed by atoms with Crippen LogP contribution in [-0.2, 0) is 19.1 Å². The average Bonchev–Trinajstić information content (AvgIpc) is 3.50. The molecule has 0 aromatic heterocycles. The number of hydrogen-bond acceptors (Lipinski definition) is 7. The van der Waals surface area contributed by atoms with Crippen LogP contribution < -0.4 is 21.3 Å². The minimum Gasteiger partial charge on any atom is -0.382 e. The minimum atomic E-state index is -0.223. The Morgan fingerprint density at radius 2 is 1.64 bits per heavy atom. The lowest BCUT2D eigenvalue weighted by Gasteiger charge is -2.29. The van der Waals surface area contributed by atoms with Crippen LogP contribution in [0.25, 0.3) is 0 Å². The molecular weight excluding hydrogens is 518 g/mol. The third kappa shape index (κ3) is 17.0. The molecule has 3 fully saturated rings. The van der Waals surface area contributed by atoms with E-state index in [2.05, 4.69) is 35.1 Å². The largest absolute Gasteiger partial charge is 0.382 e. The zero-order valence-corrected chi connectivity index (χ0v) is 25.9. The average molecular weight is 574 g/mol. The maximum atomic E-state index is 11.9. The van der Waals surface area contributed by atoms with E-state index < -0.39 is 0 Å². The zero-order chi connectivity index (χ0) is 28.9. The van der Waals surface area contributed by atoms with Crippen molar-refractivity contribution in [2.75, 3.05) is 64.1 Å². The summed E-state index contributed by atoms with van der Waals surface area (Å²) in [5.41, 5.74) is -0.223. The molecular formula is C28H55N5O5S. The molecule has 0 spiro atoms. The minimum absolute atomic E-state index is 0.00491. The molecule has 0 aromatic rings. The van der Waals surface area contributed by atoms with Crippen molar-refractivity contribution >= 4 is 29.6 Å². The first-order valence-electron chi connectivity index (χ1n) is 14.8. The third-order valence-corrected chi connectivity index (χ3v) is 7.84. The monoisotopic (exact) mass is 573 g/mol. The van der Waals surface area contributed by atoms with E-state index in [1.54, 1.807) is 0 Å². The molecule has 0 saturated carbocycles. The Labute approximate surface area is 240 Å². The van der Waals surface area contributed by atoms with Crippen LogP contribution in [0, 0.1) is 0 Å². The van der Waals surface area contributed by atoms with Gasteiger partial charge in [-0.25, -0.2) is 4.79 Å². The fourth-order valence-electron chi connectivity index (χ4n) is 4.07. The molecule has 0 bridgehead atoms. The molecule has 4 N–H and O–H groups in total. The number of urea groups is 1. The highest BCUT2D eigenvalue weighted by atomic mass is 32.2. The Balaban J connectivity index is 0.000000320. The number of rotatable bonds is 14. The second-order valence-corrected chi connectivity index (χ2v) is 11.7. The molecule has 3 heterocycles. The standard InChI is InChI=1S/C14H28N2O3.C9H19NO.C5H8N2OS/c1-4-18-12-6-14(2,3)19-11-5-13(17)16-9-7-15-8-10-16;1-3-5-7-9(11)10-8-6-4-2;8-5-6-3-1-9-2-4(3)7-5/h15H,4-12H2,1-3H3;3-8H2,1-2H3,(H,10,11);3-4H,1-2H2,(H2,6,7,8). The van der Waals surface area contributed by atoms with Crippen molar-refractivity contribution in [3.63, 3.8) is 0 Å². The van der Waals surface area contributed by atoms with Crippen molar-refractivity contribution in [3.05, 3.63) is 0 Å². The van der Waals surface area contributed by atoms with E-state index in [0.717, 1.165) is 82.9 Å². The maximum Gasteiger partial charge on any atom is 0.315 e. The first-order valence-corrected chi connectivity index (χ1v) is 16.0. The number of nitrogens with one attached hydrogen (secondary N) is 4. The number of thioether (sulfide) groups is 1. The Morgan fingerprint density at radius 1 is 1.00 bits per heavy atom. The summed E-state index contributed by atoms with van der Waals surface area (Å²) in [6.07, 6.45) is 6.37. The molecule has 0 aliphatic carbocycles. The maximum absolute atomic E-state index is 11.9. The van der Waals surface area contributed by atoms with Crippen LogP contribution in [0.2, 0.25) is 0 Å². The second kappa shape index (κ2) is 21.2. The summed E-state index contributed by atoms with van der Waals surface area (Å²) in [6, 6.07) is 0.815. The van der Waals surface area contributed by atoms with E-state index in [1.807, 2.05) is 37.4 Å². The van der Waals surface area contributed by atoms with Gasteiger partial charge in [-0.15, -0.1) is 0 Å². The molecule has 11 heteroatoms. The van der Waals surface area contributed by atoms with Crippen LogP contribution in [0.15, 0.2) is 0 Å². The number of hydrogen-bond donors (Lipinski definition) is 4. The molecule has 10 nitrogen and oxygen atoms in total. The number of carbonyl (C=O) groups is 3. The molecule has 228 valence electrons. The number of nitrogens with zero attached hydrogens (tertiary/aromatic N) is 1. The number of piperazine rings is 1. The van der Waals surface area contributed by atoms with Crippen molar-refractivity contribution in [3.8, 4) is 0 Å². The predicted molar refractivity (Wildman–Crippen MR) is 159 cm³/mol. The van der Waals surface area contributed by atoms with Gasteiger partial charge in [0.25, 0.3) is 0 Å². The number of carbonyl (C=O) groups excluding carboxylic acids is 3. The molecule has 3 saturated heterocycles. The van der Waals surface area contributed by atoms with Gasteiger partial charge in [0.15, 0.2) is 0 Å². The zero-order valence-electron chi connectivity index (χ0n) is 25.1. The van der Waals surface area contributed by atoms with Gasteiger partial charge in [-0.2, -0.15) is 11.8 Å². The molecule has 0 aromatic carbocycles. The van der Waals surface area contributed by atoms with Gasteiger partial charge in [-0.1, -0.05) is 26.7 Å². The second-order valence-electron chi connectivity index (χ2n) is 10.6. The van der Waals surface area contributed by atoms with Gasteiger partial charge in [-0.05, 0) is 40.0 Å². The first kappa shape index (κ1) is 35.5. The molecule has 2 unspecified atom stereocenters. The summed E-state index contributed by atoms with van der Waals surface area (Å²) in [6.45, 7) is 16.5. The fourth-order valence-corrected chi connectivity index (χ4v) is 5.34. The summed E-state index contributed by atoms with van der Waals surface area (Å²) in [5, 5.41) is 11.8. The Morgan fingerprint density at radius 3 is 2.23 bits per heavy atom. The highest BCUT2D eigenvalue weighted by Gasteiger charge is 2.35. The Bertz CT molecular complexity index is 677. The molecule has 39 heavy (non-hydrogen) atoms.